The second-order valence-electron chi connectivity index (χ2n) is 2.93. The highest BCUT2D eigenvalue weighted by molar-refractivity contribution is 5.94. The predicted molar refractivity (Wildman–Crippen MR) is 55.7 cm³/mol. The van der Waals surface area contributed by atoms with Crippen LogP contribution in [0.4, 0.5) is 5.69 Å². The van der Waals surface area contributed by atoms with Gasteiger partial charge in [-0.3, -0.25) is 10.1 Å². The van der Waals surface area contributed by atoms with Crippen LogP contribution in [0.2, 0.25) is 0 Å². The highest BCUT2D eigenvalue weighted by Crippen LogP contribution is 2.28. The molecule has 0 saturated carbocycles. The topological polar surface area (TPSA) is 102 Å². The molecule has 0 aromatic heterocycles. The van der Waals surface area contributed by atoms with E-state index >= 15 is 0 Å². The van der Waals surface area contributed by atoms with Crippen molar-refractivity contribution >= 4 is 11.7 Å². The first-order valence-electron chi connectivity index (χ1n) is 4.40. The van der Waals surface area contributed by atoms with Gasteiger partial charge in [-0.1, -0.05) is 0 Å². The van der Waals surface area contributed by atoms with Crippen molar-refractivity contribution in [3.05, 3.63) is 33.4 Å². The number of carbonyl (C=O) groups excluding carboxylic acids is 1. The first-order valence-corrected chi connectivity index (χ1v) is 4.40. The van der Waals surface area contributed by atoms with Gasteiger partial charge >= 0.3 is 5.97 Å². The summed E-state index contributed by atoms with van der Waals surface area (Å²) >= 11 is 0. The van der Waals surface area contributed by atoms with Crippen molar-refractivity contribution in [3.63, 3.8) is 0 Å². The molecule has 88 valence electrons. The average Bonchev–Trinajstić information content (AvgIpc) is 2.35. The lowest BCUT2D eigenvalue weighted by molar-refractivity contribution is -0.385. The molecule has 0 heterocycles. The Hall–Kier alpha value is -2.62. The third kappa shape index (κ3) is 2.31. The van der Waals surface area contributed by atoms with Crippen molar-refractivity contribution in [2.45, 2.75) is 0 Å². The maximum atomic E-state index is 11.4. The van der Waals surface area contributed by atoms with Crippen LogP contribution in [0.15, 0.2) is 12.1 Å². The fourth-order valence-corrected chi connectivity index (χ4v) is 1.25. The van der Waals surface area contributed by atoms with Crippen molar-refractivity contribution < 1.29 is 19.2 Å². The summed E-state index contributed by atoms with van der Waals surface area (Å²) in [6.07, 6.45) is 0. The lowest BCUT2D eigenvalue weighted by Crippen LogP contribution is -2.07. The minimum atomic E-state index is -0.830. The van der Waals surface area contributed by atoms with Gasteiger partial charge in [0, 0.05) is 0 Å². The number of benzene rings is 1. The molecule has 1 rings (SSSR count). The van der Waals surface area contributed by atoms with Crippen LogP contribution in [0.25, 0.3) is 0 Å². The van der Waals surface area contributed by atoms with Gasteiger partial charge in [0.15, 0.2) is 0 Å². The van der Waals surface area contributed by atoms with E-state index in [1.165, 1.54) is 13.2 Å². The van der Waals surface area contributed by atoms with Crippen LogP contribution in [0.3, 0.4) is 0 Å². The van der Waals surface area contributed by atoms with Gasteiger partial charge in [0.25, 0.3) is 5.69 Å². The molecule has 0 radical (unpaired) electrons. The van der Waals surface area contributed by atoms with Crippen LogP contribution < -0.4 is 4.74 Å². The third-order valence-corrected chi connectivity index (χ3v) is 2.04. The summed E-state index contributed by atoms with van der Waals surface area (Å²) in [5.41, 5.74) is -1.03. The fraction of sp³-hybridized carbons (Fsp3) is 0.200. The van der Waals surface area contributed by atoms with Crippen molar-refractivity contribution in [2.24, 2.45) is 0 Å². The Bertz CT molecular complexity index is 518. The lowest BCUT2D eigenvalue weighted by Gasteiger charge is -2.05. The fourth-order valence-electron chi connectivity index (χ4n) is 1.25. The number of rotatable bonds is 3. The van der Waals surface area contributed by atoms with Gasteiger partial charge < -0.3 is 9.47 Å². The van der Waals surface area contributed by atoms with Crippen LogP contribution >= 0.6 is 0 Å². The van der Waals surface area contributed by atoms with Gasteiger partial charge in [0.2, 0.25) is 0 Å². The molecule has 0 unspecified atom stereocenters. The molecule has 7 nitrogen and oxygen atoms in total. The molecule has 0 aliphatic heterocycles. The van der Waals surface area contributed by atoms with Crippen molar-refractivity contribution in [3.8, 4) is 11.8 Å². The normalized spacial score (nSPS) is 9.24. The SMILES string of the molecule is COC(=O)c1cc(OC)cc([N+](=O)[O-])c1C#N. The summed E-state index contributed by atoms with van der Waals surface area (Å²) in [7, 11) is 2.42. The number of nitrogens with zero attached hydrogens (tertiary/aromatic N) is 2. The van der Waals surface area contributed by atoms with Crippen LogP contribution in [0.5, 0.6) is 5.75 Å². The van der Waals surface area contributed by atoms with Gasteiger partial charge in [-0.25, -0.2) is 4.79 Å². The lowest BCUT2D eigenvalue weighted by atomic mass is 10.1. The van der Waals surface area contributed by atoms with Gasteiger partial charge in [0.05, 0.1) is 30.8 Å². The average molecular weight is 236 g/mol. The molecule has 0 amide bonds. The van der Waals surface area contributed by atoms with E-state index in [4.69, 9.17) is 10.00 Å². The molecule has 7 heteroatoms. The number of carbonyl (C=O) groups is 1. The molecule has 0 spiro atoms. The van der Waals surface area contributed by atoms with Crippen LogP contribution in [0.1, 0.15) is 15.9 Å². The molecule has 0 N–H and O–H groups in total. The summed E-state index contributed by atoms with van der Waals surface area (Å²) in [5.74, 6) is -0.723. The maximum Gasteiger partial charge on any atom is 0.339 e. The van der Waals surface area contributed by atoms with Crippen molar-refractivity contribution in [1.82, 2.24) is 0 Å². The maximum absolute atomic E-state index is 11.4. The Labute approximate surface area is 96.3 Å². The number of nitro groups is 1. The molecule has 0 aliphatic rings. The third-order valence-electron chi connectivity index (χ3n) is 2.04. The molecular weight excluding hydrogens is 228 g/mol. The summed E-state index contributed by atoms with van der Waals surface area (Å²) in [5, 5.41) is 19.6. The number of methoxy groups -OCH3 is 2. The van der Waals surface area contributed by atoms with E-state index in [1.807, 2.05) is 0 Å². The van der Waals surface area contributed by atoms with Gasteiger partial charge in [0.1, 0.15) is 17.4 Å². The van der Waals surface area contributed by atoms with Crippen LogP contribution in [-0.4, -0.2) is 25.1 Å². The van der Waals surface area contributed by atoms with Crippen LogP contribution in [-0.2, 0) is 4.74 Å². The number of nitro benzene ring substituents is 1. The molecule has 1 aromatic rings. The second kappa shape index (κ2) is 4.94. The first kappa shape index (κ1) is 12.4. The van der Waals surface area contributed by atoms with E-state index in [1.54, 1.807) is 6.07 Å². The minimum Gasteiger partial charge on any atom is -0.496 e. The van der Waals surface area contributed by atoms with Gasteiger partial charge in [-0.05, 0) is 6.07 Å². The molecule has 0 fully saturated rings. The number of nitriles is 1. The highest BCUT2D eigenvalue weighted by Gasteiger charge is 2.24. The van der Waals surface area contributed by atoms with E-state index in [0.717, 1.165) is 13.2 Å². The zero-order chi connectivity index (χ0) is 13.0. The smallest absolute Gasteiger partial charge is 0.339 e. The molecule has 0 saturated heterocycles. The second-order valence-corrected chi connectivity index (χ2v) is 2.93. The summed E-state index contributed by atoms with van der Waals surface area (Å²) in [6, 6.07) is 3.91. The van der Waals surface area contributed by atoms with E-state index in [2.05, 4.69) is 4.74 Å². The van der Waals surface area contributed by atoms with E-state index in [9.17, 15) is 14.9 Å². The molecule has 0 bridgehead atoms. The minimum absolute atomic E-state index is 0.107. The van der Waals surface area contributed by atoms with E-state index < -0.39 is 16.6 Å². The number of ether oxygens (including phenoxy) is 2. The largest absolute Gasteiger partial charge is 0.496 e. The van der Waals surface area contributed by atoms with Crippen molar-refractivity contribution in [1.29, 1.82) is 5.26 Å². The Morgan fingerprint density at radius 2 is 2.12 bits per heavy atom. The summed E-state index contributed by atoms with van der Waals surface area (Å²) < 4.78 is 9.26. The standard InChI is InChI=1S/C10H8N2O5/c1-16-6-3-7(10(13)17-2)8(5-11)9(4-6)12(14)15/h3-4H,1-2H3. The molecule has 0 atom stereocenters. The Balaban J connectivity index is 3.57. The van der Waals surface area contributed by atoms with E-state index in [0.29, 0.717) is 0 Å². The quantitative estimate of drug-likeness (QED) is 0.444. The Morgan fingerprint density at radius 3 is 2.53 bits per heavy atom. The molecule has 1 aromatic carbocycles. The predicted octanol–water partition coefficient (Wildman–Crippen LogP) is 1.26. The monoisotopic (exact) mass is 236 g/mol. The zero-order valence-electron chi connectivity index (χ0n) is 9.09. The number of hydrogen-bond donors (Lipinski definition) is 0. The Kier molecular flexibility index (Phi) is 3.62. The summed E-state index contributed by atoms with van der Waals surface area (Å²) in [4.78, 5) is 21.4. The van der Waals surface area contributed by atoms with Crippen LogP contribution in [0, 0.1) is 21.4 Å². The molecular formula is C10H8N2O5. The zero-order valence-corrected chi connectivity index (χ0v) is 9.09. The van der Waals surface area contributed by atoms with Crippen molar-refractivity contribution in [2.75, 3.05) is 14.2 Å². The number of hydrogen-bond acceptors (Lipinski definition) is 6. The Morgan fingerprint density at radius 1 is 1.47 bits per heavy atom. The molecule has 0 aliphatic carbocycles. The summed E-state index contributed by atoms with van der Waals surface area (Å²) in [6.45, 7) is 0. The highest BCUT2D eigenvalue weighted by atomic mass is 16.6. The van der Waals surface area contributed by atoms with Gasteiger partial charge in [-0.15, -0.1) is 0 Å². The van der Waals surface area contributed by atoms with E-state index in [-0.39, 0.29) is 16.9 Å². The first-order chi connectivity index (χ1) is 8.04. The van der Waals surface area contributed by atoms with Gasteiger partial charge in [-0.2, -0.15) is 5.26 Å². The molecule has 17 heavy (non-hydrogen) atoms. The number of esters is 1.